The summed E-state index contributed by atoms with van der Waals surface area (Å²) < 4.78 is 5.38. The molecule has 0 aromatic heterocycles. The second-order valence-corrected chi connectivity index (χ2v) is 15.3. The van der Waals surface area contributed by atoms with Crippen molar-refractivity contribution >= 4 is 35.5 Å². The largest absolute Gasteiger partial charge is 0.456 e. The van der Waals surface area contributed by atoms with Crippen LogP contribution in [0.25, 0.3) is 0 Å². The Kier molecular flexibility index (Phi) is 18.8. The highest BCUT2D eigenvalue weighted by Gasteiger charge is 2.45. The first kappa shape index (κ1) is 44.1. The summed E-state index contributed by atoms with van der Waals surface area (Å²) in [5, 5.41) is 7.81. The van der Waals surface area contributed by atoms with E-state index in [9.17, 15) is 28.8 Å². The minimum Gasteiger partial charge on any atom is -0.456 e. The van der Waals surface area contributed by atoms with E-state index in [1.54, 1.807) is 27.7 Å². The number of benzene rings is 1. The second-order valence-electron chi connectivity index (χ2n) is 15.3. The number of Topliss-reactive ketones (excluding diaryl/α,β-unsaturated/α-hetero) is 1. The number of primary amides is 1. The lowest BCUT2D eigenvalue weighted by Crippen LogP contribution is -2.60. The number of esters is 1. The van der Waals surface area contributed by atoms with Crippen molar-refractivity contribution in [1.29, 1.82) is 0 Å². The number of urea groups is 1. The van der Waals surface area contributed by atoms with Gasteiger partial charge in [-0.05, 0) is 48.5 Å². The van der Waals surface area contributed by atoms with Gasteiger partial charge in [-0.15, -0.1) is 0 Å². The molecule has 1 aliphatic carbocycles. The standard InChI is InChI=1S/C31H45N5O7.C4H10.C3H8/c1-18-14-23(28(40)34-22(25(38)27(32)39)15-20-10-9-11-20)36(17-18)29(41)26(31(3,4)5)35-30(42)33-16-24(37)43-19(2)21-12-7-6-8-13-21;1-4(2)3;1-3-2/h6-8,12-13,18-20,22-23,26H,9-11,14-17H2,1-5H3,(H2,32,39)(H,34,40)(H2,33,35,42);4H,1-3H3;3H2,1-2H3/t18-,19?,22?,23?,26?;;/m1../s1. The molecule has 3 rings (SSSR count). The van der Waals surface area contributed by atoms with Crippen LogP contribution in [0.15, 0.2) is 30.3 Å². The Morgan fingerprint density at radius 2 is 1.52 bits per heavy atom. The van der Waals surface area contributed by atoms with Crippen molar-refractivity contribution in [3.8, 4) is 0 Å². The number of carbonyl (C=O) groups is 6. The Labute approximate surface area is 299 Å². The van der Waals surface area contributed by atoms with Gasteiger partial charge in [-0.1, -0.05) is 118 Å². The third kappa shape index (κ3) is 15.3. The number of likely N-dealkylation sites (tertiary alicyclic amines) is 1. The van der Waals surface area contributed by atoms with Crippen LogP contribution in [0, 0.1) is 23.2 Å². The highest BCUT2D eigenvalue weighted by Crippen LogP contribution is 2.32. The van der Waals surface area contributed by atoms with Crippen molar-refractivity contribution in [2.75, 3.05) is 13.1 Å². The number of nitrogens with zero attached hydrogens (tertiary/aromatic N) is 1. The summed E-state index contributed by atoms with van der Waals surface area (Å²) in [7, 11) is 0. The Hall–Kier alpha value is -3.96. The molecule has 5 N–H and O–H groups in total. The maximum atomic E-state index is 13.9. The van der Waals surface area contributed by atoms with Crippen LogP contribution in [-0.2, 0) is 28.7 Å². The lowest BCUT2D eigenvalue weighted by atomic mass is 9.80. The van der Waals surface area contributed by atoms with Gasteiger partial charge in [0, 0.05) is 6.54 Å². The molecule has 0 bridgehead atoms. The zero-order valence-electron chi connectivity index (χ0n) is 32.0. The van der Waals surface area contributed by atoms with E-state index < -0.39 is 71.7 Å². The molecule has 12 nitrogen and oxygen atoms in total. The molecule has 12 heteroatoms. The average Bonchev–Trinajstić information content (AvgIpc) is 3.40. The van der Waals surface area contributed by atoms with Crippen molar-refractivity contribution < 1.29 is 33.5 Å². The van der Waals surface area contributed by atoms with E-state index in [1.807, 2.05) is 37.3 Å². The predicted molar refractivity (Wildman–Crippen MR) is 195 cm³/mol. The van der Waals surface area contributed by atoms with Gasteiger partial charge in [0.25, 0.3) is 5.91 Å². The highest BCUT2D eigenvalue weighted by molar-refractivity contribution is 6.37. The van der Waals surface area contributed by atoms with Crippen molar-refractivity contribution in [2.24, 2.45) is 28.9 Å². The smallest absolute Gasteiger partial charge is 0.326 e. The summed E-state index contributed by atoms with van der Waals surface area (Å²) in [4.78, 5) is 78.0. The van der Waals surface area contributed by atoms with Crippen LogP contribution in [0.3, 0.4) is 0 Å². The van der Waals surface area contributed by atoms with E-state index >= 15 is 0 Å². The normalized spacial score (nSPS) is 18.8. The lowest BCUT2D eigenvalue weighted by Gasteiger charge is -2.36. The number of hydrogen-bond acceptors (Lipinski definition) is 7. The van der Waals surface area contributed by atoms with E-state index in [4.69, 9.17) is 10.5 Å². The molecule has 1 aromatic rings. The number of hydrogen-bond donors (Lipinski definition) is 4. The predicted octanol–water partition coefficient (Wildman–Crippen LogP) is 5.05. The summed E-state index contributed by atoms with van der Waals surface area (Å²) in [6, 6.07) is 5.46. The van der Waals surface area contributed by atoms with Gasteiger partial charge in [0.05, 0.1) is 6.04 Å². The van der Waals surface area contributed by atoms with Crippen molar-refractivity contribution in [3.05, 3.63) is 35.9 Å². The molecule has 0 radical (unpaired) electrons. The molecule has 2 aliphatic rings. The Bertz CT molecular complexity index is 1260. The van der Waals surface area contributed by atoms with Gasteiger partial charge in [-0.3, -0.25) is 24.0 Å². The summed E-state index contributed by atoms with van der Waals surface area (Å²) in [6.45, 7) is 19.6. The first-order chi connectivity index (χ1) is 23.3. The van der Waals surface area contributed by atoms with E-state index in [-0.39, 0.29) is 18.4 Å². The molecule has 5 amide bonds. The number of nitrogens with one attached hydrogen (secondary N) is 3. The van der Waals surface area contributed by atoms with Crippen LogP contribution in [0.5, 0.6) is 0 Å². The molecular formula is C38H63N5O7. The van der Waals surface area contributed by atoms with Gasteiger partial charge in [-0.25, -0.2) is 4.79 Å². The van der Waals surface area contributed by atoms with Gasteiger partial charge in [0.15, 0.2) is 0 Å². The minimum absolute atomic E-state index is 0.0209. The Morgan fingerprint density at radius 1 is 0.960 bits per heavy atom. The zero-order chi connectivity index (χ0) is 38.2. The van der Waals surface area contributed by atoms with Gasteiger partial charge in [0.1, 0.15) is 24.7 Å². The molecule has 0 spiro atoms. The molecule has 1 aliphatic heterocycles. The van der Waals surface area contributed by atoms with Crippen LogP contribution >= 0.6 is 0 Å². The number of ether oxygens (including phenoxy) is 1. The molecule has 50 heavy (non-hydrogen) atoms. The molecule has 1 aromatic carbocycles. The third-order valence-electron chi connectivity index (χ3n) is 8.12. The van der Waals surface area contributed by atoms with Crippen molar-refractivity contribution in [3.63, 3.8) is 0 Å². The van der Waals surface area contributed by atoms with Gasteiger partial charge in [0.2, 0.25) is 17.6 Å². The minimum atomic E-state index is -1.11. The van der Waals surface area contributed by atoms with Gasteiger partial charge < -0.3 is 31.3 Å². The van der Waals surface area contributed by atoms with Crippen LogP contribution in [0.4, 0.5) is 4.79 Å². The number of amides is 5. The van der Waals surface area contributed by atoms with E-state index in [0.29, 0.717) is 12.8 Å². The fourth-order valence-electron chi connectivity index (χ4n) is 5.45. The molecule has 1 heterocycles. The molecular weight excluding hydrogens is 638 g/mol. The highest BCUT2D eigenvalue weighted by atomic mass is 16.5. The van der Waals surface area contributed by atoms with Crippen molar-refractivity contribution in [2.45, 2.75) is 132 Å². The van der Waals surface area contributed by atoms with E-state index in [2.05, 4.69) is 50.6 Å². The number of ketones is 1. The summed E-state index contributed by atoms with van der Waals surface area (Å²) in [5.41, 5.74) is 5.31. The molecule has 4 unspecified atom stereocenters. The first-order valence-electron chi connectivity index (χ1n) is 18.0. The van der Waals surface area contributed by atoms with Crippen LogP contribution < -0.4 is 21.7 Å². The fraction of sp³-hybridized carbons (Fsp3) is 0.684. The van der Waals surface area contributed by atoms with Gasteiger partial charge >= 0.3 is 12.0 Å². The van der Waals surface area contributed by atoms with Crippen LogP contribution in [0.2, 0.25) is 0 Å². The number of rotatable bonds is 12. The molecule has 1 saturated heterocycles. The SMILES string of the molecule is CC(C)C.CC(OC(=O)CNC(=O)NC(C(=O)N1C[C@H](C)CC1C(=O)NC(CC1CCC1)C(=O)C(N)=O)C(C)(C)C)c1ccccc1.CCC. The van der Waals surface area contributed by atoms with Crippen LogP contribution in [0.1, 0.15) is 119 Å². The second kappa shape index (κ2) is 21.3. The molecule has 5 atom stereocenters. The number of nitrogens with two attached hydrogens (primary N) is 1. The van der Waals surface area contributed by atoms with Crippen LogP contribution in [-0.4, -0.2) is 71.6 Å². The average molecular weight is 702 g/mol. The summed E-state index contributed by atoms with van der Waals surface area (Å²) in [5.74, 6) is -2.58. The monoisotopic (exact) mass is 701 g/mol. The quantitative estimate of drug-likeness (QED) is 0.174. The Morgan fingerprint density at radius 3 is 2.00 bits per heavy atom. The maximum Gasteiger partial charge on any atom is 0.326 e. The fourth-order valence-corrected chi connectivity index (χ4v) is 5.45. The maximum absolute atomic E-state index is 13.9. The summed E-state index contributed by atoms with van der Waals surface area (Å²) in [6.07, 6.45) is 4.27. The molecule has 1 saturated carbocycles. The zero-order valence-corrected chi connectivity index (χ0v) is 32.0. The van der Waals surface area contributed by atoms with Crippen molar-refractivity contribution in [1.82, 2.24) is 20.9 Å². The van der Waals surface area contributed by atoms with E-state index in [0.717, 1.165) is 30.7 Å². The molecule has 2 fully saturated rings. The summed E-state index contributed by atoms with van der Waals surface area (Å²) >= 11 is 0. The van der Waals surface area contributed by atoms with E-state index in [1.165, 1.54) is 11.3 Å². The molecule has 282 valence electrons. The number of carbonyl (C=O) groups excluding carboxylic acids is 6. The lowest BCUT2D eigenvalue weighted by molar-refractivity contribution is -0.147. The van der Waals surface area contributed by atoms with Gasteiger partial charge in [-0.2, -0.15) is 0 Å². The first-order valence-corrected chi connectivity index (χ1v) is 18.0. The Balaban J connectivity index is 0.00000163. The topological polar surface area (TPSA) is 177 Å². The third-order valence-corrected chi connectivity index (χ3v) is 8.12.